The first-order valence-electron chi connectivity index (χ1n) is 11.3. The van der Waals surface area contributed by atoms with Gasteiger partial charge in [-0.05, 0) is 24.7 Å². The van der Waals surface area contributed by atoms with E-state index in [9.17, 15) is 4.79 Å². The lowest BCUT2D eigenvalue weighted by atomic mass is 10.0. The van der Waals surface area contributed by atoms with Crippen molar-refractivity contribution < 1.29 is 4.79 Å². The Hall–Kier alpha value is -0.330. The summed E-state index contributed by atoms with van der Waals surface area (Å²) in [5.41, 5.74) is 0. The van der Waals surface area contributed by atoms with Gasteiger partial charge in [-0.2, -0.15) is 0 Å². The van der Waals surface area contributed by atoms with Crippen molar-refractivity contribution in [3.63, 3.8) is 0 Å². The second kappa shape index (κ2) is 16.2. The van der Waals surface area contributed by atoms with Gasteiger partial charge in [-0.15, -0.1) is 0 Å². The van der Waals surface area contributed by atoms with Crippen LogP contribution >= 0.6 is 0 Å². The molecule has 1 rings (SSSR count). The molecule has 2 unspecified atom stereocenters. The third-order valence-electron chi connectivity index (χ3n) is 5.89. The Balaban J connectivity index is 1.72. The minimum atomic E-state index is 0.765. The van der Waals surface area contributed by atoms with Gasteiger partial charge in [0.25, 0.3) is 0 Å². The van der Waals surface area contributed by atoms with Crippen molar-refractivity contribution in [1.82, 2.24) is 0 Å². The molecule has 1 heteroatoms. The van der Waals surface area contributed by atoms with Crippen LogP contribution in [0.2, 0.25) is 0 Å². The molecular formula is C23H44O. The van der Waals surface area contributed by atoms with Crippen LogP contribution in [-0.2, 0) is 4.79 Å². The van der Waals surface area contributed by atoms with Gasteiger partial charge in [0.05, 0.1) is 0 Å². The Kier molecular flexibility index (Phi) is 14.6. The standard InChI is InChI=1S/C23H44O/c1-2-3-4-5-9-12-15-18-22-21-23(22)19-16-13-10-7-6-8-11-14-17-20-24/h20,22-23H,2-19,21H2,1H3. The van der Waals surface area contributed by atoms with Crippen molar-refractivity contribution in [2.45, 2.75) is 129 Å². The molecule has 142 valence electrons. The van der Waals surface area contributed by atoms with Gasteiger partial charge < -0.3 is 4.79 Å². The fourth-order valence-corrected chi connectivity index (χ4v) is 4.08. The normalized spacial score (nSPS) is 19.5. The summed E-state index contributed by atoms with van der Waals surface area (Å²) in [7, 11) is 0. The van der Waals surface area contributed by atoms with Crippen LogP contribution in [-0.4, -0.2) is 6.29 Å². The van der Waals surface area contributed by atoms with Gasteiger partial charge in [-0.3, -0.25) is 0 Å². The molecule has 1 fully saturated rings. The van der Waals surface area contributed by atoms with Crippen molar-refractivity contribution in [3.8, 4) is 0 Å². The van der Waals surface area contributed by atoms with E-state index in [1.54, 1.807) is 6.42 Å². The predicted molar refractivity (Wildman–Crippen MR) is 106 cm³/mol. The number of hydrogen-bond donors (Lipinski definition) is 0. The van der Waals surface area contributed by atoms with E-state index in [0.29, 0.717) is 0 Å². The molecule has 0 aromatic heterocycles. The lowest BCUT2D eigenvalue weighted by Crippen LogP contribution is -1.87. The average molecular weight is 337 g/mol. The van der Waals surface area contributed by atoms with Crippen molar-refractivity contribution >= 4 is 6.29 Å². The first-order chi connectivity index (χ1) is 11.9. The van der Waals surface area contributed by atoms with Crippen LogP contribution in [0.1, 0.15) is 129 Å². The highest BCUT2D eigenvalue weighted by Gasteiger charge is 2.34. The quantitative estimate of drug-likeness (QED) is 0.173. The molecular weight excluding hydrogens is 292 g/mol. The van der Waals surface area contributed by atoms with Crippen molar-refractivity contribution in [2.75, 3.05) is 0 Å². The Morgan fingerprint density at radius 2 is 1.04 bits per heavy atom. The van der Waals surface area contributed by atoms with Gasteiger partial charge in [0.1, 0.15) is 6.29 Å². The molecule has 0 N–H and O–H groups in total. The molecule has 0 bridgehead atoms. The average Bonchev–Trinajstić information content (AvgIpc) is 3.34. The van der Waals surface area contributed by atoms with Crippen molar-refractivity contribution in [3.05, 3.63) is 0 Å². The maximum Gasteiger partial charge on any atom is 0.119 e. The molecule has 2 atom stereocenters. The van der Waals surface area contributed by atoms with E-state index in [0.717, 1.165) is 31.0 Å². The van der Waals surface area contributed by atoms with Crippen LogP contribution in [0.15, 0.2) is 0 Å². The van der Waals surface area contributed by atoms with E-state index < -0.39 is 0 Å². The highest BCUT2D eigenvalue weighted by molar-refractivity contribution is 5.48. The topological polar surface area (TPSA) is 17.1 Å². The highest BCUT2D eigenvalue weighted by Crippen LogP contribution is 2.45. The summed E-state index contributed by atoms with van der Waals surface area (Å²) in [6.07, 6.45) is 27.4. The Morgan fingerprint density at radius 3 is 1.50 bits per heavy atom. The fourth-order valence-electron chi connectivity index (χ4n) is 4.08. The lowest BCUT2D eigenvalue weighted by Gasteiger charge is -2.03. The monoisotopic (exact) mass is 336 g/mol. The number of hydrogen-bond acceptors (Lipinski definition) is 1. The SMILES string of the molecule is CCCCCCCCCC1CC1CCCCCCCCCCC=O. The molecule has 0 saturated heterocycles. The zero-order chi connectivity index (χ0) is 17.3. The van der Waals surface area contributed by atoms with Gasteiger partial charge in [0, 0.05) is 6.42 Å². The van der Waals surface area contributed by atoms with E-state index in [-0.39, 0.29) is 0 Å². The maximum absolute atomic E-state index is 10.2. The van der Waals surface area contributed by atoms with Crippen LogP contribution in [0.5, 0.6) is 0 Å². The van der Waals surface area contributed by atoms with Crippen LogP contribution in [0.4, 0.5) is 0 Å². The van der Waals surface area contributed by atoms with E-state index >= 15 is 0 Å². The molecule has 1 aliphatic carbocycles. The van der Waals surface area contributed by atoms with Gasteiger partial charge in [-0.1, -0.05) is 110 Å². The fraction of sp³-hybridized carbons (Fsp3) is 0.957. The molecule has 0 radical (unpaired) electrons. The summed E-state index contributed by atoms with van der Waals surface area (Å²) in [6.45, 7) is 2.30. The molecule has 0 spiro atoms. The van der Waals surface area contributed by atoms with Crippen LogP contribution < -0.4 is 0 Å². The molecule has 0 heterocycles. The summed E-state index contributed by atoms with van der Waals surface area (Å²) in [5, 5.41) is 0. The third kappa shape index (κ3) is 13.0. The minimum Gasteiger partial charge on any atom is -0.303 e. The number of unbranched alkanes of at least 4 members (excludes halogenated alkanes) is 14. The summed E-state index contributed by atoms with van der Waals surface area (Å²) >= 11 is 0. The molecule has 0 amide bonds. The maximum atomic E-state index is 10.2. The van der Waals surface area contributed by atoms with E-state index in [2.05, 4.69) is 6.92 Å². The molecule has 1 saturated carbocycles. The van der Waals surface area contributed by atoms with Gasteiger partial charge in [-0.25, -0.2) is 0 Å². The van der Waals surface area contributed by atoms with Crippen LogP contribution in [0.3, 0.4) is 0 Å². The Labute approximate surface area is 152 Å². The van der Waals surface area contributed by atoms with Crippen LogP contribution in [0.25, 0.3) is 0 Å². The lowest BCUT2D eigenvalue weighted by molar-refractivity contribution is -0.107. The predicted octanol–water partition coefficient (Wildman–Crippen LogP) is 7.86. The summed E-state index contributed by atoms with van der Waals surface area (Å²) in [5.74, 6) is 2.21. The first kappa shape index (κ1) is 21.7. The number of carbonyl (C=O) groups is 1. The molecule has 0 aromatic carbocycles. The molecule has 1 aliphatic rings. The second-order valence-corrected chi connectivity index (χ2v) is 8.24. The molecule has 1 nitrogen and oxygen atoms in total. The number of aldehydes is 1. The number of carbonyl (C=O) groups excluding carboxylic acids is 1. The van der Waals surface area contributed by atoms with E-state index in [1.807, 2.05) is 0 Å². The summed E-state index contributed by atoms with van der Waals surface area (Å²) in [4.78, 5) is 10.2. The zero-order valence-electron chi connectivity index (χ0n) is 16.6. The third-order valence-corrected chi connectivity index (χ3v) is 5.89. The smallest absolute Gasteiger partial charge is 0.119 e. The molecule has 0 aromatic rings. The Morgan fingerprint density at radius 1 is 0.625 bits per heavy atom. The summed E-state index contributed by atoms with van der Waals surface area (Å²) in [6, 6.07) is 0. The largest absolute Gasteiger partial charge is 0.303 e. The minimum absolute atomic E-state index is 0.765. The van der Waals surface area contributed by atoms with Gasteiger partial charge >= 0.3 is 0 Å². The first-order valence-corrected chi connectivity index (χ1v) is 11.3. The van der Waals surface area contributed by atoms with E-state index in [4.69, 9.17) is 0 Å². The van der Waals surface area contributed by atoms with Crippen molar-refractivity contribution in [2.24, 2.45) is 11.8 Å². The second-order valence-electron chi connectivity index (χ2n) is 8.24. The van der Waals surface area contributed by atoms with Crippen LogP contribution in [0, 0.1) is 11.8 Å². The highest BCUT2D eigenvalue weighted by atomic mass is 16.1. The Bertz CT molecular complexity index is 273. The van der Waals surface area contributed by atoms with Gasteiger partial charge in [0.15, 0.2) is 0 Å². The summed E-state index contributed by atoms with van der Waals surface area (Å²) < 4.78 is 0. The molecule has 24 heavy (non-hydrogen) atoms. The van der Waals surface area contributed by atoms with Gasteiger partial charge in [0.2, 0.25) is 0 Å². The van der Waals surface area contributed by atoms with E-state index in [1.165, 1.54) is 103 Å². The zero-order valence-corrected chi connectivity index (χ0v) is 16.6. The molecule has 0 aliphatic heterocycles. The number of rotatable bonds is 19. The van der Waals surface area contributed by atoms with Crippen molar-refractivity contribution in [1.29, 1.82) is 0 Å².